The zero-order valence-corrected chi connectivity index (χ0v) is 7.25. The summed E-state index contributed by atoms with van der Waals surface area (Å²) in [6.07, 6.45) is 5.76. The third-order valence-electron chi connectivity index (χ3n) is 1.89. The second-order valence-corrected chi connectivity index (χ2v) is 2.79. The molecule has 2 heterocycles. The molecule has 0 fully saturated rings. The van der Waals surface area contributed by atoms with Gasteiger partial charge in [-0.15, -0.1) is 0 Å². The van der Waals surface area contributed by atoms with Crippen LogP contribution in [0.3, 0.4) is 0 Å². The van der Waals surface area contributed by atoms with Crippen molar-refractivity contribution >= 4 is 0 Å². The molecule has 14 heavy (non-hydrogen) atoms. The maximum absolute atomic E-state index is 9.49. The lowest BCUT2D eigenvalue weighted by Crippen LogP contribution is -1.82. The van der Waals surface area contributed by atoms with Crippen LogP contribution < -0.4 is 0 Å². The molecule has 0 aliphatic heterocycles. The lowest BCUT2D eigenvalue weighted by atomic mass is 10.1. The lowest BCUT2D eigenvalue weighted by Gasteiger charge is -2.04. The number of hydrogen-bond acceptors (Lipinski definition) is 4. The number of aromatic nitrogens is 2. The van der Waals surface area contributed by atoms with Gasteiger partial charge in [-0.05, 0) is 12.1 Å². The Bertz CT molecular complexity index is 414. The molecule has 0 aliphatic carbocycles. The van der Waals surface area contributed by atoms with E-state index in [1.165, 1.54) is 12.4 Å². The van der Waals surface area contributed by atoms with Gasteiger partial charge in [-0.2, -0.15) is 0 Å². The van der Waals surface area contributed by atoms with Crippen LogP contribution in [0.15, 0.2) is 36.9 Å². The highest BCUT2D eigenvalue weighted by molar-refractivity contribution is 5.73. The average molecular weight is 188 g/mol. The Morgan fingerprint density at radius 1 is 0.786 bits per heavy atom. The first-order valence-electron chi connectivity index (χ1n) is 4.05. The number of nitrogens with zero attached hydrogens (tertiary/aromatic N) is 2. The number of aromatic hydroxyl groups is 2. The van der Waals surface area contributed by atoms with Crippen molar-refractivity contribution in [3.05, 3.63) is 36.9 Å². The Hall–Kier alpha value is -2.10. The largest absolute Gasteiger partial charge is 0.506 e. The first-order valence-corrected chi connectivity index (χ1v) is 4.05. The fourth-order valence-electron chi connectivity index (χ4n) is 1.23. The van der Waals surface area contributed by atoms with E-state index in [1.807, 2.05) is 0 Å². The van der Waals surface area contributed by atoms with Crippen molar-refractivity contribution in [3.63, 3.8) is 0 Å². The SMILES string of the molecule is Oc1cnccc1-c1ccncc1O. The van der Waals surface area contributed by atoms with Crippen molar-refractivity contribution in [2.75, 3.05) is 0 Å². The molecule has 4 heteroatoms. The van der Waals surface area contributed by atoms with Gasteiger partial charge in [-0.3, -0.25) is 9.97 Å². The van der Waals surface area contributed by atoms with E-state index in [-0.39, 0.29) is 11.5 Å². The van der Waals surface area contributed by atoms with E-state index in [4.69, 9.17) is 0 Å². The number of rotatable bonds is 1. The van der Waals surface area contributed by atoms with Crippen LogP contribution in [0.1, 0.15) is 0 Å². The highest BCUT2D eigenvalue weighted by Crippen LogP contribution is 2.33. The van der Waals surface area contributed by atoms with Gasteiger partial charge < -0.3 is 10.2 Å². The maximum Gasteiger partial charge on any atom is 0.141 e. The first-order chi connectivity index (χ1) is 6.79. The van der Waals surface area contributed by atoms with E-state index in [0.717, 1.165) is 0 Å². The van der Waals surface area contributed by atoms with Gasteiger partial charge in [0.05, 0.1) is 12.4 Å². The lowest BCUT2D eigenvalue weighted by molar-refractivity contribution is 0.466. The van der Waals surface area contributed by atoms with Gasteiger partial charge in [-0.1, -0.05) is 0 Å². The second kappa shape index (κ2) is 3.33. The summed E-state index contributed by atoms with van der Waals surface area (Å²) in [6, 6.07) is 3.26. The molecular weight excluding hydrogens is 180 g/mol. The molecule has 0 aliphatic rings. The number of pyridine rings is 2. The molecule has 2 aromatic rings. The summed E-state index contributed by atoms with van der Waals surface area (Å²) in [4.78, 5) is 7.51. The minimum absolute atomic E-state index is 0.0361. The third kappa shape index (κ3) is 1.37. The molecule has 0 radical (unpaired) electrons. The fourth-order valence-corrected chi connectivity index (χ4v) is 1.23. The Kier molecular flexibility index (Phi) is 2.02. The molecule has 70 valence electrons. The van der Waals surface area contributed by atoms with Gasteiger partial charge in [0.2, 0.25) is 0 Å². The molecule has 0 bridgehead atoms. The van der Waals surface area contributed by atoms with Crippen LogP contribution in [0.4, 0.5) is 0 Å². The van der Waals surface area contributed by atoms with Crippen LogP contribution in [0.25, 0.3) is 11.1 Å². The molecule has 0 saturated heterocycles. The molecule has 0 amide bonds. The standard InChI is InChI=1S/C10H8N2O2/c13-9-5-11-3-1-7(9)8-2-4-12-6-10(8)14/h1-6,13-14H. The van der Waals surface area contributed by atoms with Crippen molar-refractivity contribution in [1.82, 2.24) is 9.97 Å². The van der Waals surface area contributed by atoms with E-state index in [2.05, 4.69) is 9.97 Å². The highest BCUT2D eigenvalue weighted by atomic mass is 16.3. The molecule has 0 saturated carbocycles. The van der Waals surface area contributed by atoms with Gasteiger partial charge in [0.25, 0.3) is 0 Å². The van der Waals surface area contributed by atoms with Crippen molar-refractivity contribution in [2.45, 2.75) is 0 Å². The van der Waals surface area contributed by atoms with E-state index in [0.29, 0.717) is 11.1 Å². The summed E-state index contributed by atoms with van der Waals surface area (Å²) in [5.74, 6) is 0.0722. The monoisotopic (exact) mass is 188 g/mol. The predicted molar refractivity (Wildman–Crippen MR) is 50.8 cm³/mol. The summed E-state index contributed by atoms with van der Waals surface area (Å²) < 4.78 is 0. The van der Waals surface area contributed by atoms with Crippen LogP contribution in [-0.2, 0) is 0 Å². The van der Waals surface area contributed by atoms with E-state index >= 15 is 0 Å². The molecular formula is C10H8N2O2. The third-order valence-corrected chi connectivity index (χ3v) is 1.89. The Morgan fingerprint density at radius 3 is 1.57 bits per heavy atom. The van der Waals surface area contributed by atoms with Crippen LogP contribution in [0, 0.1) is 0 Å². The summed E-state index contributed by atoms with van der Waals surface area (Å²) >= 11 is 0. The zero-order chi connectivity index (χ0) is 9.97. The quantitative estimate of drug-likeness (QED) is 0.712. The summed E-state index contributed by atoms with van der Waals surface area (Å²) in [6.45, 7) is 0. The van der Waals surface area contributed by atoms with Gasteiger partial charge in [0.1, 0.15) is 11.5 Å². The minimum atomic E-state index is 0.0361. The fraction of sp³-hybridized carbons (Fsp3) is 0. The Balaban J connectivity index is 2.61. The number of hydrogen-bond donors (Lipinski definition) is 2. The molecule has 2 aromatic heterocycles. The molecule has 0 aromatic carbocycles. The van der Waals surface area contributed by atoms with E-state index < -0.39 is 0 Å². The van der Waals surface area contributed by atoms with Crippen LogP contribution in [-0.4, -0.2) is 20.2 Å². The first kappa shape index (κ1) is 8.50. The predicted octanol–water partition coefficient (Wildman–Crippen LogP) is 1.55. The van der Waals surface area contributed by atoms with Gasteiger partial charge in [-0.25, -0.2) is 0 Å². The highest BCUT2D eigenvalue weighted by Gasteiger charge is 2.07. The van der Waals surface area contributed by atoms with Gasteiger partial charge in [0, 0.05) is 23.5 Å². The van der Waals surface area contributed by atoms with Gasteiger partial charge in [0.15, 0.2) is 0 Å². The van der Waals surface area contributed by atoms with Crippen molar-refractivity contribution in [1.29, 1.82) is 0 Å². The Morgan fingerprint density at radius 2 is 1.21 bits per heavy atom. The molecule has 2 N–H and O–H groups in total. The molecule has 4 nitrogen and oxygen atoms in total. The zero-order valence-electron chi connectivity index (χ0n) is 7.25. The summed E-state index contributed by atoms with van der Waals surface area (Å²) in [5.41, 5.74) is 1.08. The van der Waals surface area contributed by atoms with E-state index in [9.17, 15) is 10.2 Å². The summed E-state index contributed by atoms with van der Waals surface area (Å²) in [7, 11) is 0. The average Bonchev–Trinajstić information content (AvgIpc) is 2.20. The summed E-state index contributed by atoms with van der Waals surface area (Å²) in [5, 5.41) is 19.0. The van der Waals surface area contributed by atoms with Crippen molar-refractivity contribution in [2.24, 2.45) is 0 Å². The maximum atomic E-state index is 9.49. The smallest absolute Gasteiger partial charge is 0.141 e. The topological polar surface area (TPSA) is 66.2 Å². The normalized spacial score (nSPS) is 10.0. The second-order valence-electron chi connectivity index (χ2n) is 2.79. The Labute approximate surface area is 80.5 Å². The minimum Gasteiger partial charge on any atom is -0.506 e. The van der Waals surface area contributed by atoms with Crippen molar-refractivity contribution in [3.8, 4) is 22.6 Å². The van der Waals surface area contributed by atoms with Crippen LogP contribution in [0.2, 0.25) is 0 Å². The van der Waals surface area contributed by atoms with Crippen molar-refractivity contribution < 1.29 is 10.2 Å². The molecule has 0 atom stereocenters. The molecule has 0 spiro atoms. The van der Waals surface area contributed by atoms with Gasteiger partial charge >= 0.3 is 0 Å². The molecule has 2 rings (SSSR count). The van der Waals surface area contributed by atoms with E-state index in [1.54, 1.807) is 24.5 Å². The van der Waals surface area contributed by atoms with Crippen LogP contribution in [0.5, 0.6) is 11.5 Å². The van der Waals surface area contributed by atoms with Crippen LogP contribution >= 0.6 is 0 Å². The molecule has 0 unspecified atom stereocenters.